The smallest absolute Gasteiger partial charge is 0.0453 e. The average Bonchev–Trinajstić information content (AvgIpc) is 2.85. The van der Waals surface area contributed by atoms with Gasteiger partial charge in [0, 0.05) is 16.1 Å². The molecule has 0 aliphatic heterocycles. The molecule has 1 atom stereocenters. The minimum Gasteiger partial charge on any atom is -0.310 e. The Morgan fingerprint density at radius 3 is 2.78 bits per heavy atom. The zero-order chi connectivity index (χ0) is 13.0. The van der Waals surface area contributed by atoms with E-state index in [1.807, 2.05) is 12.1 Å². The third-order valence-corrected chi connectivity index (χ3v) is 4.19. The van der Waals surface area contributed by atoms with Gasteiger partial charge in [-0.25, -0.2) is 0 Å². The molecule has 1 unspecified atom stereocenters. The van der Waals surface area contributed by atoms with Crippen molar-refractivity contribution in [3.8, 4) is 0 Å². The monoisotopic (exact) mass is 299 g/mol. The van der Waals surface area contributed by atoms with E-state index in [-0.39, 0.29) is 0 Å². The zero-order valence-electron chi connectivity index (χ0n) is 10.1. The molecule has 1 N–H and O–H groups in total. The van der Waals surface area contributed by atoms with Gasteiger partial charge >= 0.3 is 0 Å². The maximum absolute atomic E-state index is 6.13. The van der Waals surface area contributed by atoms with E-state index in [2.05, 4.69) is 29.1 Å². The molecule has 0 radical (unpaired) electrons. The molecule has 0 saturated heterocycles. The van der Waals surface area contributed by atoms with Crippen LogP contribution in [0.15, 0.2) is 35.0 Å². The van der Waals surface area contributed by atoms with E-state index in [1.54, 1.807) is 17.4 Å². The fourth-order valence-electron chi connectivity index (χ4n) is 1.79. The summed E-state index contributed by atoms with van der Waals surface area (Å²) in [5.41, 5.74) is 2.47. The number of nitrogens with one attached hydrogen (secondary N) is 1. The average molecular weight is 300 g/mol. The highest BCUT2D eigenvalue weighted by Gasteiger charge is 2.06. The number of thiophene rings is 1. The predicted octanol–water partition coefficient (Wildman–Crippen LogP) is 4.95. The second kappa shape index (κ2) is 6.58. The maximum atomic E-state index is 6.13. The molecular formula is C14H15Cl2NS. The Morgan fingerprint density at radius 2 is 2.11 bits per heavy atom. The van der Waals surface area contributed by atoms with Crippen molar-refractivity contribution in [2.75, 3.05) is 6.54 Å². The Bertz CT molecular complexity index is 497. The first-order valence-electron chi connectivity index (χ1n) is 5.86. The van der Waals surface area contributed by atoms with Crippen molar-refractivity contribution in [3.05, 3.63) is 56.2 Å². The van der Waals surface area contributed by atoms with Crippen LogP contribution in [0.25, 0.3) is 0 Å². The Kier molecular flexibility index (Phi) is 5.07. The third-order valence-electron chi connectivity index (χ3n) is 2.90. The van der Waals surface area contributed by atoms with Gasteiger partial charge in [-0.2, -0.15) is 11.3 Å². The van der Waals surface area contributed by atoms with Gasteiger partial charge in [0.1, 0.15) is 0 Å². The molecule has 1 aromatic carbocycles. The molecule has 0 fully saturated rings. The van der Waals surface area contributed by atoms with E-state index in [9.17, 15) is 0 Å². The largest absolute Gasteiger partial charge is 0.310 e. The second-order valence-electron chi connectivity index (χ2n) is 4.22. The summed E-state index contributed by atoms with van der Waals surface area (Å²) < 4.78 is 0. The molecule has 1 aromatic heterocycles. The van der Waals surface area contributed by atoms with Gasteiger partial charge in [-0.1, -0.05) is 29.3 Å². The van der Waals surface area contributed by atoms with Crippen LogP contribution in [0.3, 0.4) is 0 Å². The van der Waals surface area contributed by atoms with Crippen molar-refractivity contribution in [1.29, 1.82) is 0 Å². The SMILES string of the molecule is CC(NCCc1ccc(Cl)cc1Cl)c1ccsc1. The first-order valence-corrected chi connectivity index (χ1v) is 7.56. The minimum absolute atomic E-state index is 0.377. The molecule has 96 valence electrons. The van der Waals surface area contributed by atoms with E-state index in [4.69, 9.17) is 23.2 Å². The predicted molar refractivity (Wildman–Crippen MR) is 80.9 cm³/mol. The van der Waals surface area contributed by atoms with Crippen LogP contribution in [0, 0.1) is 0 Å². The molecule has 1 nitrogen and oxygen atoms in total. The first-order chi connectivity index (χ1) is 8.66. The maximum Gasteiger partial charge on any atom is 0.0453 e. The zero-order valence-corrected chi connectivity index (χ0v) is 12.4. The third kappa shape index (κ3) is 3.72. The van der Waals surface area contributed by atoms with E-state index in [0.29, 0.717) is 11.1 Å². The minimum atomic E-state index is 0.377. The van der Waals surface area contributed by atoms with Crippen LogP contribution < -0.4 is 5.32 Å². The molecule has 1 heterocycles. The van der Waals surface area contributed by atoms with Crippen LogP contribution in [0.4, 0.5) is 0 Å². The van der Waals surface area contributed by atoms with Gasteiger partial charge in [0.15, 0.2) is 0 Å². The first kappa shape index (κ1) is 13.9. The number of rotatable bonds is 5. The molecule has 0 saturated carbocycles. The highest BCUT2D eigenvalue weighted by atomic mass is 35.5. The number of benzene rings is 1. The van der Waals surface area contributed by atoms with Gasteiger partial charge in [0.05, 0.1) is 0 Å². The van der Waals surface area contributed by atoms with Crippen molar-refractivity contribution >= 4 is 34.5 Å². The van der Waals surface area contributed by atoms with Crippen LogP contribution in [0.5, 0.6) is 0 Å². The fourth-order valence-corrected chi connectivity index (χ4v) is 3.04. The highest BCUT2D eigenvalue weighted by molar-refractivity contribution is 7.07. The Balaban J connectivity index is 1.85. The molecular weight excluding hydrogens is 285 g/mol. The van der Waals surface area contributed by atoms with Crippen LogP contribution in [0.1, 0.15) is 24.1 Å². The normalized spacial score (nSPS) is 12.6. The standard InChI is InChI=1S/C14H15Cl2NS/c1-10(12-5-7-18-9-12)17-6-4-11-2-3-13(15)8-14(11)16/h2-3,5,7-10,17H,4,6H2,1H3. The number of hydrogen-bond donors (Lipinski definition) is 1. The van der Waals surface area contributed by atoms with Crippen LogP contribution >= 0.6 is 34.5 Å². The molecule has 0 aliphatic rings. The second-order valence-corrected chi connectivity index (χ2v) is 5.84. The molecule has 0 spiro atoms. The van der Waals surface area contributed by atoms with Crippen molar-refractivity contribution < 1.29 is 0 Å². The summed E-state index contributed by atoms with van der Waals surface area (Å²) in [6, 6.07) is 8.19. The van der Waals surface area contributed by atoms with Crippen molar-refractivity contribution in [1.82, 2.24) is 5.32 Å². The van der Waals surface area contributed by atoms with Crippen LogP contribution in [-0.4, -0.2) is 6.54 Å². The van der Waals surface area contributed by atoms with Crippen molar-refractivity contribution in [2.24, 2.45) is 0 Å². The fraction of sp³-hybridized carbons (Fsp3) is 0.286. The number of halogens is 2. The summed E-state index contributed by atoms with van der Waals surface area (Å²) in [6.07, 6.45) is 0.907. The van der Waals surface area contributed by atoms with Crippen LogP contribution in [0.2, 0.25) is 10.0 Å². The lowest BCUT2D eigenvalue weighted by Gasteiger charge is -2.13. The quantitative estimate of drug-likeness (QED) is 0.824. The Labute approximate surface area is 122 Å². The summed E-state index contributed by atoms with van der Waals surface area (Å²) in [5.74, 6) is 0. The lowest BCUT2D eigenvalue weighted by molar-refractivity contribution is 0.578. The Morgan fingerprint density at radius 1 is 1.28 bits per heavy atom. The highest BCUT2D eigenvalue weighted by Crippen LogP contribution is 2.21. The van der Waals surface area contributed by atoms with E-state index >= 15 is 0 Å². The molecule has 0 amide bonds. The van der Waals surface area contributed by atoms with Gasteiger partial charge in [0.25, 0.3) is 0 Å². The lowest BCUT2D eigenvalue weighted by atomic mass is 10.1. The Hall–Kier alpha value is -0.540. The van der Waals surface area contributed by atoms with E-state index in [0.717, 1.165) is 23.6 Å². The van der Waals surface area contributed by atoms with Gasteiger partial charge in [-0.3, -0.25) is 0 Å². The van der Waals surface area contributed by atoms with Gasteiger partial charge in [0.2, 0.25) is 0 Å². The molecule has 4 heteroatoms. The van der Waals surface area contributed by atoms with Gasteiger partial charge < -0.3 is 5.32 Å². The molecule has 2 aromatic rings. The summed E-state index contributed by atoms with van der Waals surface area (Å²) in [5, 5.41) is 9.19. The van der Waals surface area contributed by atoms with Crippen molar-refractivity contribution in [3.63, 3.8) is 0 Å². The summed E-state index contributed by atoms with van der Waals surface area (Å²) in [4.78, 5) is 0. The van der Waals surface area contributed by atoms with Crippen LogP contribution in [-0.2, 0) is 6.42 Å². The van der Waals surface area contributed by atoms with Gasteiger partial charge in [-0.15, -0.1) is 0 Å². The molecule has 0 bridgehead atoms. The summed E-state index contributed by atoms with van der Waals surface area (Å²) in [7, 11) is 0. The summed E-state index contributed by atoms with van der Waals surface area (Å²) >= 11 is 13.7. The molecule has 0 aliphatic carbocycles. The number of hydrogen-bond acceptors (Lipinski definition) is 2. The van der Waals surface area contributed by atoms with Gasteiger partial charge in [-0.05, 0) is 60.0 Å². The van der Waals surface area contributed by atoms with Crippen molar-refractivity contribution in [2.45, 2.75) is 19.4 Å². The summed E-state index contributed by atoms with van der Waals surface area (Å²) in [6.45, 7) is 3.07. The topological polar surface area (TPSA) is 12.0 Å². The van der Waals surface area contributed by atoms with E-state index < -0.39 is 0 Å². The molecule has 18 heavy (non-hydrogen) atoms. The lowest BCUT2D eigenvalue weighted by Crippen LogP contribution is -2.21. The molecule has 2 rings (SSSR count). The van der Waals surface area contributed by atoms with E-state index in [1.165, 1.54) is 5.56 Å².